The second kappa shape index (κ2) is 10.1. The van der Waals surface area contributed by atoms with Gasteiger partial charge >= 0.3 is 12.1 Å². The normalized spacial score (nSPS) is 24.3. The van der Waals surface area contributed by atoms with Crippen molar-refractivity contribution in [3.8, 4) is 0 Å². The lowest BCUT2D eigenvalue weighted by Gasteiger charge is -2.38. The number of carbonyl (C=O) groups is 2. The summed E-state index contributed by atoms with van der Waals surface area (Å²) in [6.07, 6.45) is 11.8. The molecular weight excluding hydrogens is 470 g/mol. The van der Waals surface area contributed by atoms with Crippen LogP contribution in [-0.4, -0.2) is 69.9 Å². The molecule has 1 unspecified atom stereocenters. The van der Waals surface area contributed by atoms with Crippen molar-refractivity contribution < 1.29 is 18.8 Å². The molecule has 2 aliphatic heterocycles. The molecule has 0 bridgehead atoms. The highest BCUT2D eigenvalue weighted by atomic mass is 16.6. The van der Waals surface area contributed by atoms with Gasteiger partial charge in [0.25, 0.3) is 0 Å². The van der Waals surface area contributed by atoms with Gasteiger partial charge in [-0.15, -0.1) is 0 Å². The molecule has 1 aromatic rings. The molecule has 2 aliphatic carbocycles. The molecule has 1 saturated carbocycles. The fourth-order valence-corrected chi connectivity index (χ4v) is 5.45. The Bertz CT molecular complexity index is 1070. The molecule has 9 heteroatoms. The number of ether oxygens (including phenoxy) is 1. The zero-order valence-electron chi connectivity index (χ0n) is 22.7. The summed E-state index contributed by atoms with van der Waals surface area (Å²) >= 11 is 0. The van der Waals surface area contributed by atoms with Crippen molar-refractivity contribution in [2.24, 2.45) is 0 Å². The Labute approximate surface area is 219 Å². The number of nitrogens with one attached hydrogen (secondary N) is 1. The van der Waals surface area contributed by atoms with Gasteiger partial charge in [0.05, 0.1) is 6.04 Å². The van der Waals surface area contributed by atoms with Crippen LogP contribution in [0.25, 0.3) is 0 Å². The smallest absolute Gasteiger partial charge is 0.410 e. The number of piperidine rings is 1. The lowest BCUT2D eigenvalue weighted by Crippen LogP contribution is -2.51. The molecule has 1 saturated heterocycles. The number of hydrogen-bond donors (Lipinski definition) is 1. The average Bonchev–Trinajstić information content (AvgIpc) is 3.59. The van der Waals surface area contributed by atoms with E-state index in [1.807, 2.05) is 25.7 Å². The van der Waals surface area contributed by atoms with E-state index < -0.39 is 5.60 Å². The molecule has 1 aromatic heterocycles. The Morgan fingerprint density at radius 3 is 2.51 bits per heavy atom. The number of amides is 3. The fraction of sp³-hybridized carbons (Fsp3) is 0.714. The van der Waals surface area contributed by atoms with Gasteiger partial charge in [-0.2, -0.15) is 4.98 Å². The topological polar surface area (TPSA) is 101 Å². The number of carbonyl (C=O) groups excluding carboxylic acids is 2. The molecule has 0 aromatic carbocycles. The van der Waals surface area contributed by atoms with Crippen molar-refractivity contribution in [2.45, 2.75) is 102 Å². The summed E-state index contributed by atoms with van der Waals surface area (Å²) in [5.74, 6) is 2.02. The summed E-state index contributed by atoms with van der Waals surface area (Å²) in [6.45, 7) is 10.3. The van der Waals surface area contributed by atoms with E-state index in [-0.39, 0.29) is 23.6 Å². The third kappa shape index (κ3) is 6.02. The minimum absolute atomic E-state index is 0.00146. The van der Waals surface area contributed by atoms with Gasteiger partial charge in [-0.3, -0.25) is 0 Å². The van der Waals surface area contributed by atoms with E-state index in [2.05, 4.69) is 34.5 Å². The average molecular weight is 512 g/mol. The Kier molecular flexibility index (Phi) is 7.07. The number of hydrogen-bond acceptors (Lipinski definition) is 6. The van der Waals surface area contributed by atoms with Crippen molar-refractivity contribution in [2.75, 3.05) is 26.2 Å². The third-order valence-corrected chi connectivity index (χ3v) is 8.03. The lowest BCUT2D eigenvalue weighted by molar-refractivity contribution is 0.0266. The van der Waals surface area contributed by atoms with E-state index in [0.717, 1.165) is 63.1 Å². The number of likely N-dealkylation sites (tertiary alicyclic amines) is 1. The van der Waals surface area contributed by atoms with E-state index in [1.54, 1.807) is 4.90 Å². The van der Waals surface area contributed by atoms with Gasteiger partial charge in [0.1, 0.15) is 5.60 Å². The van der Waals surface area contributed by atoms with E-state index in [4.69, 9.17) is 9.26 Å². The minimum Gasteiger partial charge on any atom is -0.444 e. The lowest BCUT2D eigenvalue weighted by atomic mass is 9.79. The number of urea groups is 1. The quantitative estimate of drug-likeness (QED) is 0.607. The van der Waals surface area contributed by atoms with E-state index >= 15 is 0 Å². The molecule has 4 aliphatic rings. The Balaban J connectivity index is 1.16. The zero-order chi connectivity index (χ0) is 26.2. The summed E-state index contributed by atoms with van der Waals surface area (Å²) in [5, 5.41) is 7.60. The fourth-order valence-electron chi connectivity index (χ4n) is 5.45. The van der Waals surface area contributed by atoms with Crippen LogP contribution in [0.3, 0.4) is 0 Å². The van der Waals surface area contributed by atoms with Crippen LogP contribution in [0.4, 0.5) is 9.59 Å². The second-order valence-electron chi connectivity index (χ2n) is 12.3. The van der Waals surface area contributed by atoms with Gasteiger partial charge in [-0.25, -0.2) is 9.59 Å². The van der Waals surface area contributed by atoms with Gasteiger partial charge < -0.3 is 24.4 Å². The van der Waals surface area contributed by atoms with Gasteiger partial charge in [0.15, 0.2) is 5.82 Å². The van der Waals surface area contributed by atoms with Gasteiger partial charge in [-0.1, -0.05) is 24.2 Å². The van der Waals surface area contributed by atoms with Crippen LogP contribution < -0.4 is 5.32 Å². The van der Waals surface area contributed by atoms with Gasteiger partial charge in [0, 0.05) is 37.5 Å². The van der Waals surface area contributed by atoms with Crippen LogP contribution in [0.5, 0.6) is 0 Å². The highest BCUT2D eigenvalue weighted by molar-refractivity contribution is 5.75. The number of aromatic nitrogens is 2. The van der Waals surface area contributed by atoms with Crippen LogP contribution in [0, 0.1) is 0 Å². The monoisotopic (exact) mass is 511 g/mol. The summed E-state index contributed by atoms with van der Waals surface area (Å²) in [5.41, 5.74) is 1.79. The SMILES string of the molecule is CC(C)(C)OC(=O)N1CC=C(C2=CCCCC2NC(=O)N2CCC(C)(c3noc(C4CC4)n3)CC2)CC1. The molecule has 3 amide bonds. The zero-order valence-corrected chi connectivity index (χ0v) is 22.7. The molecule has 9 nitrogen and oxygen atoms in total. The van der Waals surface area contributed by atoms with Crippen molar-refractivity contribution in [3.63, 3.8) is 0 Å². The van der Waals surface area contributed by atoms with Crippen LogP contribution in [0.1, 0.15) is 96.7 Å². The van der Waals surface area contributed by atoms with Crippen molar-refractivity contribution >= 4 is 12.1 Å². The molecular formula is C28H41N5O4. The summed E-state index contributed by atoms with van der Waals surface area (Å²) in [4.78, 5) is 34.1. The first kappa shape index (κ1) is 25.8. The molecule has 0 spiro atoms. The number of allylic oxidation sites excluding steroid dienone is 1. The van der Waals surface area contributed by atoms with Crippen LogP contribution in [0.15, 0.2) is 27.8 Å². The summed E-state index contributed by atoms with van der Waals surface area (Å²) in [6, 6.07) is 0.00520. The standard InChI is InChI=1S/C28H41N5O4/c1-27(2,3)36-26(35)33-15-11-19(12-16-33)21-7-5-6-8-22(21)29-25(34)32-17-13-28(4,14-18-32)24-30-23(37-31-24)20-9-10-20/h7,11,20,22H,5-6,8-10,12-18H2,1-4H3,(H,29,34). The minimum atomic E-state index is -0.501. The largest absolute Gasteiger partial charge is 0.444 e. The first-order chi connectivity index (χ1) is 17.6. The maximum Gasteiger partial charge on any atom is 0.410 e. The summed E-state index contributed by atoms with van der Waals surface area (Å²) in [7, 11) is 0. The molecule has 37 heavy (non-hydrogen) atoms. The maximum atomic E-state index is 13.3. The molecule has 1 N–H and O–H groups in total. The number of nitrogens with zero attached hydrogens (tertiary/aromatic N) is 4. The molecule has 3 heterocycles. The van der Waals surface area contributed by atoms with E-state index in [9.17, 15) is 9.59 Å². The van der Waals surface area contributed by atoms with E-state index in [0.29, 0.717) is 32.1 Å². The molecule has 5 rings (SSSR count). The van der Waals surface area contributed by atoms with E-state index in [1.165, 1.54) is 11.1 Å². The maximum absolute atomic E-state index is 13.3. The highest BCUT2D eigenvalue weighted by Gasteiger charge is 2.39. The molecule has 1 atom stereocenters. The van der Waals surface area contributed by atoms with Crippen molar-refractivity contribution in [1.29, 1.82) is 0 Å². The van der Waals surface area contributed by atoms with Crippen molar-refractivity contribution in [1.82, 2.24) is 25.3 Å². The van der Waals surface area contributed by atoms with Gasteiger partial charge in [0.2, 0.25) is 5.89 Å². The third-order valence-electron chi connectivity index (χ3n) is 8.03. The Morgan fingerprint density at radius 2 is 1.86 bits per heavy atom. The molecule has 0 radical (unpaired) electrons. The van der Waals surface area contributed by atoms with Crippen molar-refractivity contribution in [3.05, 3.63) is 35.0 Å². The first-order valence-corrected chi connectivity index (χ1v) is 13.9. The Morgan fingerprint density at radius 1 is 1.11 bits per heavy atom. The van der Waals surface area contributed by atoms with Gasteiger partial charge in [-0.05, 0) is 83.3 Å². The highest BCUT2D eigenvalue weighted by Crippen LogP contribution is 2.41. The molecule has 2 fully saturated rings. The second-order valence-corrected chi connectivity index (χ2v) is 12.3. The molecule has 202 valence electrons. The van der Waals surface area contributed by atoms with Crippen LogP contribution in [-0.2, 0) is 10.2 Å². The predicted molar refractivity (Wildman–Crippen MR) is 139 cm³/mol. The van der Waals surface area contributed by atoms with Crippen LogP contribution in [0.2, 0.25) is 0 Å². The predicted octanol–water partition coefficient (Wildman–Crippen LogP) is 5.06. The van der Waals surface area contributed by atoms with Crippen LogP contribution >= 0.6 is 0 Å². The Hall–Kier alpha value is -2.84. The first-order valence-electron chi connectivity index (χ1n) is 13.9. The summed E-state index contributed by atoms with van der Waals surface area (Å²) < 4.78 is 11.0. The number of rotatable bonds is 4.